The Hall–Kier alpha value is -3.02. The first-order chi connectivity index (χ1) is 12.4. The molecule has 2 rings (SSSR count). The molecule has 0 spiro atoms. The molecule has 0 aliphatic heterocycles. The number of rotatable bonds is 6. The van der Waals surface area contributed by atoms with E-state index in [4.69, 9.17) is 14.2 Å². The number of hydrogen-bond acceptors (Lipinski definition) is 5. The van der Waals surface area contributed by atoms with Gasteiger partial charge in [-0.25, -0.2) is 5.43 Å². The number of benzene rings is 2. The third-order valence-electron chi connectivity index (χ3n) is 4.02. The van der Waals surface area contributed by atoms with E-state index in [1.165, 1.54) is 26.9 Å². The van der Waals surface area contributed by atoms with Crippen LogP contribution in [0.25, 0.3) is 0 Å². The molecular formula is C20H24N2O4. The molecule has 0 aliphatic rings. The van der Waals surface area contributed by atoms with Gasteiger partial charge >= 0.3 is 0 Å². The van der Waals surface area contributed by atoms with Gasteiger partial charge in [0.05, 0.1) is 27.5 Å². The second-order valence-corrected chi connectivity index (χ2v) is 5.93. The normalized spacial score (nSPS) is 10.7. The summed E-state index contributed by atoms with van der Waals surface area (Å²) in [6.07, 6.45) is 1.65. The largest absolute Gasteiger partial charge is 0.493 e. The summed E-state index contributed by atoms with van der Waals surface area (Å²) in [7, 11) is 4.51. The molecule has 6 nitrogen and oxygen atoms in total. The van der Waals surface area contributed by atoms with Gasteiger partial charge < -0.3 is 14.2 Å². The Morgan fingerprint density at radius 2 is 1.46 bits per heavy atom. The van der Waals surface area contributed by atoms with Crippen LogP contribution in [0.1, 0.15) is 32.6 Å². The Morgan fingerprint density at radius 3 is 1.92 bits per heavy atom. The SMILES string of the molecule is COc1cc(C(=O)NN=Cc2c(C)cc(C)cc2C)cc(OC)c1OC. The molecule has 0 fully saturated rings. The number of hydrazone groups is 1. The van der Waals surface area contributed by atoms with Crippen molar-refractivity contribution in [2.75, 3.05) is 21.3 Å². The number of nitrogens with zero attached hydrogens (tertiary/aromatic N) is 1. The Morgan fingerprint density at radius 1 is 0.923 bits per heavy atom. The van der Waals surface area contributed by atoms with E-state index in [9.17, 15) is 4.79 Å². The molecule has 0 aromatic heterocycles. The lowest BCUT2D eigenvalue weighted by Crippen LogP contribution is -2.18. The number of nitrogens with one attached hydrogen (secondary N) is 1. The molecule has 0 bridgehead atoms. The zero-order chi connectivity index (χ0) is 19.3. The third kappa shape index (κ3) is 4.14. The van der Waals surface area contributed by atoms with Crippen LogP contribution >= 0.6 is 0 Å². The van der Waals surface area contributed by atoms with E-state index in [0.717, 1.165) is 16.7 Å². The lowest BCUT2D eigenvalue weighted by molar-refractivity contribution is 0.0954. The van der Waals surface area contributed by atoms with Crippen LogP contribution in [0, 0.1) is 20.8 Å². The minimum Gasteiger partial charge on any atom is -0.493 e. The van der Waals surface area contributed by atoms with Gasteiger partial charge in [-0.05, 0) is 44.0 Å². The molecule has 0 aliphatic carbocycles. The number of hydrogen-bond donors (Lipinski definition) is 1. The van der Waals surface area contributed by atoms with Gasteiger partial charge in [0.2, 0.25) is 5.75 Å². The summed E-state index contributed by atoms with van der Waals surface area (Å²) in [5, 5.41) is 4.09. The van der Waals surface area contributed by atoms with Gasteiger partial charge in [-0.15, -0.1) is 0 Å². The highest BCUT2D eigenvalue weighted by Crippen LogP contribution is 2.38. The maximum absolute atomic E-state index is 12.4. The fourth-order valence-corrected chi connectivity index (χ4v) is 2.83. The van der Waals surface area contributed by atoms with Gasteiger partial charge in [0.25, 0.3) is 5.91 Å². The zero-order valence-electron chi connectivity index (χ0n) is 16.0. The van der Waals surface area contributed by atoms with Gasteiger partial charge in [-0.1, -0.05) is 17.7 Å². The fraction of sp³-hybridized carbons (Fsp3) is 0.300. The van der Waals surface area contributed by atoms with E-state index in [0.29, 0.717) is 22.8 Å². The van der Waals surface area contributed by atoms with Crippen molar-refractivity contribution in [3.05, 3.63) is 52.1 Å². The van der Waals surface area contributed by atoms with E-state index in [1.54, 1.807) is 18.3 Å². The number of carbonyl (C=O) groups is 1. The maximum Gasteiger partial charge on any atom is 0.271 e. The van der Waals surface area contributed by atoms with E-state index in [-0.39, 0.29) is 5.91 Å². The maximum atomic E-state index is 12.4. The van der Waals surface area contributed by atoms with Crippen LogP contribution in [0.2, 0.25) is 0 Å². The molecule has 1 amide bonds. The quantitative estimate of drug-likeness (QED) is 0.636. The molecule has 6 heteroatoms. The molecule has 138 valence electrons. The summed E-state index contributed by atoms with van der Waals surface area (Å²) in [5.41, 5.74) is 7.28. The predicted octanol–water partition coefficient (Wildman–Crippen LogP) is 3.40. The van der Waals surface area contributed by atoms with Crippen molar-refractivity contribution in [1.82, 2.24) is 5.43 Å². The number of aryl methyl sites for hydroxylation is 3. The Kier molecular flexibility index (Phi) is 6.22. The van der Waals surface area contributed by atoms with E-state index >= 15 is 0 Å². The lowest BCUT2D eigenvalue weighted by Gasteiger charge is -2.13. The van der Waals surface area contributed by atoms with Crippen LogP contribution in [0.5, 0.6) is 17.2 Å². The van der Waals surface area contributed by atoms with E-state index in [2.05, 4.69) is 22.7 Å². The van der Waals surface area contributed by atoms with Crippen molar-refractivity contribution in [2.24, 2.45) is 5.10 Å². The van der Waals surface area contributed by atoms with Crippen LogP contribution < -0.4 is 19.6 Å². The first kappa shape index (κ1) is 19.3. The standard InChI is InChI=1S/C20H24N2O4/c1-12-7-13(2)16(14(3)8-12)11-21-22-20(23)15-9-17(24-4)19(26-6)18(10-15)25-5/h7-11H,1-6H3,(H,22,23). The molecule has 0 saturated heterocycles. The van der Waals surface area contributed by atoms with Gasteiger partial charge in [0.1, 0.15) is 0 Å². The van der Waals surface area contributed by atoms with Gasteiger partial charge in [0.15, 0.2) is 11.5 Å². The number of methoxy groups -OCH3 is 3. The number of amides is 1. The van der Waals surface area contributed by atoms with Gasteiger partial charge in [0, 0.05) is 11.1 Å². The second-order valence-electron chi connectivity index (χ2n) is 5.93. The molecule has 2 aromatic carbocycles. The summed E-state index contributed by atoms with van der Waals surface area (Å²) in [4.78, 5) is 12.4. The smallest absolute Gasteiger partial charge is 0.271 e. The molecule has 0 saturated carbocycles. The van der Waals surface area contributed by atoms with Crippen molar-refractivity contribution in [3.8, 4) is 17.2 Å². The highest BCUT2D eigenvalue weighted by atomic mass is 16.5. The lowest BCUT2D eigenvalue weighted by atomic mass is 10.0. The van der Waals surface area contributed by atoms with Gasteiger partial charge in [-0.3, -0.25) is 4.79 Å². The van der Waals surface area contributed by atoms with Crippen molar-refractivity contribution in [1.29, 1.82) is 0 Å². The molecule has 0 unspecified atom stereocenters. The minimum absolute atomic E-state index is 0.356. The van der Waals surface area contributed by atoms with E-state index < -0.39 is 0 Å². The summed E-state index contributed by atoms with van der Waals surface area (Å²) < 4.78 is 15.8. The first-order valence-electron chi connectivity index (χ1n) is 8.12. The summed E-state index contributed by atoms with van der Waals surface area (Å²) >= 11 is 0. The highest BCUT2D eigenvalue weighted by molar-refractivity contribution is 5.96. The van der Waals surface area contributed by atoms with Crippen molar-refractivity contribution in [2.45, 2.75) is 20.8 Å². The average Bonchev–Trinajstić information content (AvgIpc) is 2.62. The Labute approximate surface area is 153 Å². The highest BCUT2D eigenvalue weighted by Gasteiger charge is 2.16. The van der Waals surface area contributed by atoms with Crippen molar-refractivity contribution in [3.63, 3.8) is 0 Å². The number of carbonyl (C=O) groups excluding carboxylic acids is 1. The summed E-state index contributed by atoms with van der Waals surface area (Å²) in [6, 6.07) is 7.31. The Balaban J connectivity index is 2.23. The predicted molar refractivity (Wildman–Crippen MR) is 102 cm³/mol. The molecule has 0 heterocycles. The molecular weight excluding hydrogens is 332 g/mol. The van der Waals surface area contributed by atoms with Crippen LogP contribution in [0.3, 0.4) is 0 Å². The zero-order valence-corrected chi connectivity index (χ0v) is 16.0. The first-order valence-corrected chi connectivity index (χ1v) is 8.12. The van der Waals surface area contributed by atoms with Gasteiger partial charge in [-0.2, -0.15) is 5.10 Å². The molecule has 26 heavy (non-hydrogen) atoms. The van der Waals surface area contributed by atoms with Crippen LogP contribution in [-0.4, -0.2) is 33.5 Å². The van der Waals surface area contributed by atoms with Crippen molar-refractivity contribution < 1.29 is 19.0 Å². The minimum atomic E-state index is -0.372. The topological polar surface area (TPSA) is 69.2 Å². The molecule has 0 atom stereocenters. The Bertz CT molecular complexity index is 796. The third-order valence-corrected chi connectivity index (χ3v) is 4.02. The molecule has 0 radical (unpaired) electrons. The second kappa shape index (κ2) is 8.38. The molecule has 1 N–H and O–H groups in total. The monoisotopic (exact) mass is 356 g/mol. The van der Waals surface area contributed by atoms with Crippen molar-refractivity contribution >= 4 is 12.1 Å². The molecule has 2 aromatic rings. The van der Waals surface area contributed by atoms with Crippen LogP contribution in [0.4, 0.5) is 0 Å². The summed E-state index contributed by atoms with van der Waals surface area (Å²) in [6.45, 7) is 6.08. The van der Waals surface area contributed by atoms with Crippen LogP contribution in [-0.2, 0) is 0 Å². The number of ether oxygens (including phenoxy) is 3. The van der Waals surface area contributed by atoms with Crippen LogP contribution in [0.15, 0.2) is 29.4 Å². The fourth-order valence-electron chi connectivity index (χ4n) is 2.83. The van der Waals surface area contributed by atoms with E-state index in [1.807, 2.05) is 20.8 Å². The average molecular weight is 356 g/mol. The summed E-state index contributed by atoms with van der Waals surface area (Å²) in [5.74, 6) is 0.876.